The van der Waals surface area contributed by atoms with E-state index in [2.05, 4.69) is 28.6 Å². The fraction of sp³-hybridized carbons (Fsp3) is 0.722. The summed E-state index contributed by atoms with van der Waals surface area (Å²) in [6.07, 6.45) is 1.66. The van der Waals surface area contributed by atoms with Crippen LogP contribution in [0, 0.1) is 5.92 Å². The molecule has 0 saturated carbocycles. The smallest absolute Gasteiger partial charge is 0.326 e. The van der Waals surface area contributed by atoms with E-state index in [9.17, 15) is 29.1 Å². The van der Waals surface area contributed by atoms with Gasteiger partial charge >= 0.3 is 11.9 Å². The molecule has 0 saturated heterocycles. The Kier molecular flexibility index (Phi) is 14.0. The number of thiol groups is 1. The Labute approximate surface area is 191 Å². The molecule has 178 valence electrons. The van der Waals surface area contributed by atoms with Crippen molar-refractivity contribution in [1.82, 2.24) is 16.0 Å². The maximum absolute atomic E-state index is 12.6. The Morgan fingerprint density at radius 3 is 1.94 bits per heavy atom. The van der Waals surface area contributed by atoms with Gasteiger partial charge in [-0.2, -0.15) is 24.4 Å². The van der Waals surface area contributed by atoms with Crippen LogP contribution in [0.4, 0.5) is 0 Å². The molecule has 0 spiro atoms. The molecule has 0 fully saturated rings. The highest BCUT2D eigenvalue weighted by Crippen LogP contribution is 2.06. The van der Waals surface area contributed by atoms with Gasteiger partial charge in [0.05, 0.1) is 6.04 Å². The molecule has 11 nitrogen and oxygen atoms in total. The largest absolute Gasteiger partial charge is 0.481 e. The van der Waals surface area contributed by atoms with Crippen LogP contribution in [-0.2, 0) is 24.0 Å². The number of carboxylic acids is 2. The molecule has 0 aliphatic carbocycles. The highest BCUT2D eigenvalue weighted by molar-refractivity contribution is 7.98. The number of amides is 3. The Morgan fingerprint density at radius 2 is 1.48 bits per heavy atom. The van der Waals surface area contributed by atoms with Crippen LogP contribution in [0.2, 0.25) is 0 Å². The van der Waals surface area contributed by atoms with Gasteiger partial charge in [0, 0.05) is 12.2 Å². The standard InChI is InChI=1S/C18H32N4O7S2/c1-9(2)14(18(28)29)22-16(26)11(6-7-31-3)20-17(27)12(8-30)21-15(25)10(19)4-5-13(23)24/h9-12,14,30H,4-8,19H2,1-3H3,(H,20,27)(H,21,25)(H,22,26)(H,23,24)(H,28,29). The molecule has 13 heteroatoms. The number of carbonyl (C=O) groups excluding carboxylic acids is 3. The number of thioether (sulfide) groups is 1. The third-order valence-electron chi connectivity index (χ3n) is 4.30. The molecule has 0 aliphatic rings. The third-order valence-corrected chi connectivity index (χ3v) is 5.30. The van der Waals surface area contributed by atoms with E-state index in [4.69, 9.17) is 10.8 Å². The van der Waals surface area contributed by atoms with Gasteiger partial charge in [0.2, 0.25) is 17.7 Å². The Morgan fingerprint density at radius 1 is 0.935 bits per heavy atom. The van der Waals surface area contributed by atoms with E-state index in [-0.39, 0.29) is 30.9 Å². The average molecular weight is 481 g/mol. The van der Waals surface area contributed by atoms with E-state index in [1.807, 2.05) is 6.26 Å². The summed E-state index contributed by atoms with van der Waals surface area (Å²) in [5.74, 6) is -4.28. The highest BCUT2D eigenvalue weighted by Gasteiger charge is 2.30. The number of aliphatic carboxylic acids is 2. The number of nitrogens with two attached hydrogens (primary N) is 1. The topological polar surface area (TPSA) is 188 Å². The fourth-order valence-electron chi connectivity index (χ4n) is 2.43. The van der Waals surface area contributed by atoms with Gasteiger partial charge in [-0.1, -0.05) is 13.8 Å². The van der Waals surface area contributed by atoms with E-state index in [1.165, 1.54) is 11.8 Å². The minimum atomic E-state index is -1.19. The monoisotopic (exact) mass is 480 g/mol. The summed E-state index contributed by atoms with van der Waals surface area (Å²) in [7, 11) is 0. The summed E-state index contributed by atoms with van der Waals surface area (Å²) in [4.78, 5) is 59.3. The minimum Gasteiger partial charge on any atom is -0.481 e. The van der Waals surface area contributed by atoms with Gasteiger partial charge in [-0.25, -0.2) is 4.79 Å². The Hall–Kier alpha value is -1.99. The number of carboxylic acid groups (broad SMARTS) is 2. The number of hydrogen-bond donors (Lipinski definition) is 7. The molecular weight excluding hydrogens is 448 g/mol. The lowest BCUT2D eigenvalue weighted by molar-refractivity contribution is -0.143. The van der Waals surface area contributed by atoms with Crippen molar-refractivity contribution in [2.75, 3.05) is 17.8 Å². The van der Waals surface area contributed by atoms with E-state index in [0.717, 1.165) is 0 Å². The lowest BCUT2D eigenvalue weighted by atomic mass is 10.0. The van der Waals surface area contributed by atoms with Crippen molar-refractivity contribution in [3.8, 4) is 0 Å². The summed E-state index contributed by atoms with van der Waals surface area (Å²) < 4.78 is 0. The second-order valence-corrected chi connectivity index (χ2v) is 8.54. The van der Waals surface area contributed by atoms with Gasteiger partial charge in [0.15, 0.2) is 0 Å². The van der Waals surface area contributed by atoms with Gasteiger partial charge in [0.25, 0.3) is 0 Å². The van der Waals surface area contributed by atoms with Crippen LogP contribution in [0.5, 0.6) is 0 Å². The predicted octanol–water partition coefficient (Wildman–Crippen LogP) is -0.944. The van der Waals surface area contributed by atoms with Gasteiger partial charge in [-0.05, 0) is 30.8 Å². The number of nitrogens with one attached hydrogen (secondary N) is 3. The Balaban J connectivity index is 5.16. The molecule has 0 radical (unpaired) electrons. The molecule has 0 aromatic carbocycles. The number of carbonyl (C=O) groups is 5. The molecule has 4 unspecified atom stereocenters. The van der Waals surface area contributed by atoms with Crippen molar-refractivity contribution in [2.45, 2.75) is 57.3 Å². The Bertz CT molecular complexity index is 648. The highest BCUT2D eigenvalue weighted by atomic mass is 32.2. The predicted molar refractivity (Wildman–Crippen MR) is 120 cm³/mol. The number of rotatable bonds is 15. The van der Waals surface area contributed by atoms with Crippen molar-refractivity contribution >= 4 is 54.1 Å². The lowest BCUT2D eigenvalue weighted by Gasteiger charge is -2.25. The summed E-state index contributed by atoms with van der Waals surface area (Å²) >= 11 is 5.49. The summed E-state index contributed by atoms with van der Waals surface area (Å²) in [5, 5.41) is 25.3. The zero-order valence-electron chi connectivity index (χ0n) is 17.8. The molecule has 0 aromatic heterocycles. The van der Waals surface area contributed by atoms with E-state index < -0.39 is 53.8 Å². The van der Waals surface area contributed by atoms with Crippen molar-refractivity contribution < 1.29 is 34.2 Å². The first kappa shape index (κ1) is 29.0. The first-order valence-corrected chi connectivity index (χ1v) is 11.7. The van der Waals surface area contributed by atoms with Crippen molar-refractivity contribution in [3.63, 3.8) is 0 Å². The molecule has 0 heterocycles. The lowest BCUT2D eigenvalue weighted by Crippen LogP contribution is -2.58. The summed E-state index contributed by atoms with van der Waals surface area (Å²) in [5.41, 5.74) is 5.64. The SMILES string of the molecule is CSCCC(NC(=O)C(CS)NC(=O)C(N)CCC(=O)O)C(=O)NC(C(=O)O)C(C)C. The first-order chi connectivity index (χ1) is 14.4. The average Bonchev–Trinajstić information content (AvgIpc) is 2.69. The molecule has 3 amide bonds. The molecule has 0 aliphatic heterocycles. The minimum absolute atomic E-state index is 0.0934. The molecule has 0 bridgehead atoms. The van der Waals surface area contributed by atoms with Crippen LogP contribution >= 0.6 is 24.4 Å². The van der Waals surface area contributed by atoms with Gasteiger partial charge in [0.1, 0.15) is 18.1 Å². The van der Waals surface area contributed by atoms with Crippen LogP contribution in [-0.4, -0.2) is 81.8 Å². The van der Waals surface area contributed by atoms with Crippen LogP contribution in [0.15, 0.2) is 0 Å². The zero-order valence-corrected chi connectivity index (χ0v) is 19.5. The maximum atomic E-state index is 12.6. The van der Waals surface area contributed by atoms with E-state index in [0.29, 0.717) is 5.75 Å². The summed E-state index contributed by atoms with van der Waals surface area (Å²) in [6, 6.07) is -4.37. The molecule has 0 aromatic rings. The van der Waals surface area contributed by atoms with Crippen LogP contribution in [0.3, 0.4) is 0 Å². The normalized spacial score (nSPS) is 14.8. The molecule has 4 atom stereocenters. The second kappa shape index (κ2) is 14.9. The molecule has 0 rings (SSSR count). The molecule has 7 N–H and O–H groups in total. The summed E-state index contributed by atoms with van der Waals surface area (Å²) in [6.45, 7) is 3.29. The van der Waals surface area contributed by atoms with Gasteiger partial charge in [-0.15, -0.1) is 0 Å². The van der Waals surface area contributed by atoms with Crippen molar-refractivity contribution in [3.05, 3.63) is 0 Å². The van der Waals surface area contributed by atoms with Crippen LogP contribution in [0.1, 0.15) is 33.1 Å². The number of hydrogen-bond acceptors (Lipinski definition) is 8. The first-order valence-electron chi connectivity index (χ1n) is 9.65. The van der Waals surface area contributed by atoms with E-state index in [1.54, 1.807) is 13.8 Å². The van der Waals surface area contributed by atoms with E-state index >= 15 is 0 Å². The zero-order chi connectivity index (χ0) is 24.1. The van der Waals surface area contributed by atoms with Gasteiger partial charge < -0.3 is 31.9 Å². The second-order valence-electron chi connectivity index (χ2n) is 7.19. The molecular formula is C18H32N4O7S2. The quantitative estimate of drug-likeness (QED) is 0.145. The van der Waals surface area contributed by atoms with Gasteiger partial charge in [-0.3, -0.25) is 19.2 Å². The molecule has 31 heavy (non-hydrogen) atoms. The van der Waals surface area contributed by atoms with Crippen molar-refractivity contribution in [2.24, 2.45) is 11.7 Å². The third kappa shape index (κ3) is 11.3. The van der Waals surface area contributed by atoms with Crippen LogP contribution in [0.25, 0.3) is 0 Å². The fourth-order valence-corrected chi connectivity index (χ4v) is 3.16. The van der Waals surface area contributed by atoms with Crippen LogP contribution < -0.4 is 21.7 Å². The van der Waals surface area contributed by atoms with Crippen molar-refractivity contribution in [1.29, 1.82) is 0 Å². The maximum Gasteiger partial charge on any atom is 0.326 e.